The second-order valence-electron chi connectivity index (χ2n) is 4.13. The molecule has 6 nitrogen and oxygen atoms in total. The Morgan fingerprint density at radius 1 is 1.14 bits per heavy atom. The fourth-order valence-corrected chi connectivity index (χ4v) is 1.80. The lowest BCUT2D eigenvalue weighted by Gasteiger charge is -2.11. The monoisotopic (exact) mass is 289 g/mol. The summed E-state index contributed by atoms with van der Waals surface area (Å²) in [5.41, 5.74) is 0.714. The van der Waals surface area contributed by atoms with Crippen molar-refractivity contribution in [1.29, 1.82) is 0 Å². The quantitative estimate of drug-likeness (QED) is 0.879. The maximum atomic E-state index is 11.0. The number of aromatic nitrogens is 1. The molecule has 0 saturated carbocycles. The van der Waals surface area contributed by atoms with E-state index in [0.29, 0.717) is 11.5 Å². The fourth-order valence-electron chi connectivity index (χ4n) is 1.80. The van der Waals surface area contributed by atoms with E-state index in [1.54, 1.807) is 38.5 Å². The Kier molecular flexibility index (Phi) is 4.61. The van der Waals surface area contributed by atoms with Crippen molar-refractivity contribution in [2.45, 2.75) is 6.61 Å². The maximum absolute atomic E-state index is 11.0. The topological polar surface area (TPSA) is 77.9 Å². The Balaban J connectivity index is 2.15. The third-order valence-electron chi connectivity index (χ3n) is 2.82. The molecule has 0 atom stereocenters. The molecular weight excluding hydrogens is 274 g/mol. The summed E-state index contributed by atoms with van der Waals surface area (Å²) in [6.07, 6.45) is 1.41. The molecule has 0 radical (unpaired) electrons. The lowest BCUT2D eigenvalue weighted by Crippen LogP contribution is -2.05. The van der Waals surface area contributed by atoms with Crippen molar-refractivity contribution >= 4 is 5.97 Å². The van der Waals surface area contributed by atoms with Crippen LogP contribution in [0.2, 0.25) is 0 Å². The summed E-state index contributed by atoms with van der Waals surface area (Å²) in [7, 11) is 3.11. The molecule has 0 aliphatic carbocycles. The van der Waals surface area contributed by atoms with E-state index in [9.17, 15) is 4.79 Å². The van der Waals surface area contributed by atoms with Gasteiger partial charge < -0.3 is 19.3 Å². The highest BCUT2D eigenvalue weighted by molar-refractivity contribution is 5.88. The van der Waals surface area contributed by atoms with Crippen LogP contribution in [0.5, 0.6) is 17.2 Å². The number of carbonyl (C=O) groups is 1. The molecule has 1 heterocycles. The van der Waals surface area contributed by atoms with Gasteiger partial charge in [-0.2, -0.15) is 0 Å². The van der Waals surface area contributed by atoms with E-state index >= 15 is 0 Å². The molecule has 2 aromatic rings. The summed E-state index contributed by atoms with van der Waals surface area (Å²) in [4.78, 5) is 14.8. The highest BCUT2D eigenvalue weighted by Gasteiger charge is 2.12. The zero-order valence-corrected chi connectivity index (χ0v) is 11.7. The molecule has 2 rings (SSSR count). The van der Waals surface area contributed by atoms with Gasteiger partial charge in [-0.25, -0.2) is 9.78 Å². The molecule has 0 aliphatic heterocycles. The largest absolute Gasteiger partial charge is 0.493 e. The fraction of sp³-hybridized carbons (Fsp3) is 0.200. The summed E-state index contributed by atoms with van der Waals surface area (Å²) < 4.78 is 15.9. The number of benzene rings is 1. The first-order chi connectivity index (χ1) is 10.2. The molecule has 0 bridgehead atoms. The first kappa shape index (κ1) is 14.6. The minimum Gasteiger partial charge on any atom is -0.493 e. The minimum absolute atomic E-state index is 0.113. The molecule has 1 aromatic heterocycles. The van der Waals surface area contributed by atoms with Crippen LogP contribution in [-0.4, -0.2) is 30.3 Å². The van der Waals surface area contributed by atoms with Crippen molar-refractivity contribution in [2.24, 2.45) is 0 Å². The van der Waals surface area contributed by atoms with E-state index in [4.69, 9.17) is 19.3 Å². The number of carboxylic acids is 1. The number of hydrogen-bond donors (Lipinski definition) is 1. The predicted octanol–water partition coefficient (Wildman–Crippen LogP) is 2.38. The molecule has 0 unspecified atom stereocenters. The number of carboxylic acid groups (broad SMARTS) is 1. The standard InChI is InChI=1S/C15H15NO5/c1-19-11-6-5-10(8-13(11)20-2)9-21-12-4-3-7-16-14(12)15(17)18/h3-8H,9H2,1-2H3,(H,17,18). The summed E-state index contributed by atoms with van der Waals surface area (Å²) in [6.45, 7) is 0.201. The Labute approximate surface area is 121 Å². The van der Waals surface area contributed by atoms with Gasteiger partial charge in [-0.05, 0) is 29.8 Å². The van der Waals surface area contributed by atoms with Gasteiger partial charge in [0.1, 0.15) is 6.61 Å². The van der Waals surface area contributed by atoms with Crippen LogP contribution in [0.15, 0.2) is 36.5 Å². The van der Waals surface area contributed by atoms with E-state index < -0.39 is 5.97 Å². The van der Waals surface area contributed by atoms with E-state index in [1.807, 2.05) is 6.07 Å². The number of hydrogen-bond acceptors (Lipinski definition) is 5. The highest BCUT2D eigenvalue weighted by Crippen LogP contribution is 2.28. The van der Waals surface area contributed by atoms with Crippen molar-refractivity contribution in [3.05, 3.63) is 47.8 Å². The van der Waals surface area contributed by atoms with Gasteiger partial charge >= 0.3 is 5.97 Å². The number of nitrogens with zero attached hydrogens (tertiary/aromatic N) is 1. The molecule has 0 saturated heterocycles. The van der Waals surface area contributed by atoms with E-state index in [0.717, 1.165) is 5.56 Å². The lowest BCUT2D eigenvalue weighted by molar-refractivity contribution is 0.0685. The van der Waals surface area contributed by atoms with Crippen LogP contribution in [0.4, 0.5) is 0 Å². The van der Waals surface area contributed by atoms with E-state index in [-0.39, 0.29) is 18.1 Å². The summed E-state index contributed by atoms with van der Waals surface area (Å²) in [5.74, 6) is 0.301. The van der Waals surface area contributed by atoms with Gasteiger partial charge in [-0.15, -0.1) is 0 Å². The third kappa shape index (κ3) is 3.42. The molecule has 1 aromatic carbocycles. The van der Waals surface area contributed by atoms with Crippen LogP contribution < -0.4 is 14.2 Å². The smallest absolute Gasteiger partial charge is 0.358 e. The van der Waals surface area contributed by atoms with Crippen molar-refractivity contribution in [1.82, 2.24) is 4.98 Å². The zero-order chi connectivity index (χ0) is 15.2. The van der Waals surface area contributed by atoms with Crippen molar-refractivity contribution in [3.63, 3.8) is 0 Å². The molecule has 6 heteroatoms. The van der Waals surface area contributed by atoms with Gasteiger partial charge in [0.15, 0.2) is 22.9 Å². The van der Waals surface area contributed by atoms with E-state index in [2.05, 4.69) is 4.98 Å². The van der Waals surface area contributed by atoms with Crippen molar-refractivity contribution < 1.29 is 24.1 Å². The van der Waals surface area contributed by atoms with Gasteiger partial charge in [-0.3, -0.25) is 0 Å². The predicted molar refractivity (Wildman–Crippen MR) is 75.1 cm³/mol. The first-order valence-electron chi connectivity index (χ1n) is 6.17. The molecule has 110 valence electrons. The minimum atomic E-state index is -1.13. The Morgan fingerprint density at radius 3 is 2.57 bits per heavy atom. The van der Waals surface area contributed by atoms with Crippen LogP contribution in [0.3, 0.4) is 0 Å². The number of aromatic carboxylic acids is 1. The number of ether oxygens (including phenoxy) is 3. The highest BCUT2D eigenvalue weighted by atomic mass is 16.5. The normalized spacial score (nSPS) is 10.0. The number of methoxy groups -OCH3 is 2. The summed E-state index contributed by atoms with van der Waals surface area (Å²) >= 11 is 0. The van der Waals surface area contributed by atoms with E-state index in [1.165, 1.54) is 6.20 Å². The number of rotatable bonds is 6. The molecule has 1 N–H and O–H groups in total. The maximum Gasteiger partial charge on any atom is 0.358 e. The molecule has 0 spiro atoms. The van der Waals surface area contributed by atoms with Crippen LogP contribution in [0.25, 0.3) is 0 Å². The SMILES string of the molecule is COc1ccc(COc2cccnc2C(=O)O)cc1OC. The second kappa shape index (κ2) is 6.60. The Morgan fingerprint density at radius 2 is 1.90 bits per heavy atom. The average Bonchev–Trinajstić information content (AvgIpc) is 2.52. The average molecular weight is 289 g/mol. The van der Waals surface area contributed by atoms with Gasteiger partial charge in [0.05, 0.1) is 14.2 Å². The first-order valence-corrected chi connectivity index (χ1v) is 6.17. The summed E-state index contributed by atoms with van der Waals surface area (Å²) in [6, 6.07) is 8.54. The molecule has 0 amide bonds. The van der Waals surface area contributed by atoms with Crippen LogP contribution in [-0.2, 0) is 6.61 Å². The molecular formula is C15H15NO5. The van der Waals surface area contributed by atoms with Crippen LogP contribution in [0, 0.1) is 0 Å². The van der Waals surface area contributed by atoms with Gasteiger partial charge in [0.25, 0.3) is 0 Å². The lowest BCUT2D eigenvalue weighted by atomic mass is 10.2. The Bertz CT molecular complexity index is 642. The summed E-state index contributed by atoms with van der Waals surface area (Å²) in [5, 5.41) is 9.03. The van der Waals surface area contributed by atoms with Crippen molar-refractivity contribution in [2.75, 3.05) is 14.2 Å². The molecule has 0 aliphatic rings. The molecule has 21 heavy (non-hydrogen) atoms. The Hall–Kier alpha value is -2.76. The van der Waals surface area contributed by atoms with Gasteiger partial charge in [0, 0.05) is 6.20 Å². The molecule has 0 fully saturated rings. The van der Waals surface area contributed by atoms with Crippen molar-refractivity contribution in [3.8, 4) is 17.2 Å². The van der Waals surface area contributed by atoms with Crippen LogP contribution in [0.1, 0.15) is 16.1 Å². The zero-order valence-electron chi connectivity index (χ0n) is 11.7. The third-order valence-corrected chi connectivity index (χ3v) is 2.82. The van der Waals surface area contributed by atoms with Crippen LogP contribution >= 0.6 is 0 Å². The number of pyridine rings is 1. The van der Waals surface area contributed by atoms with Gasteiger partial charge in [-0.1, -0.05) is 6.07 Å². The second-order valence-corrected chi connectivity index (χ2v) is 4.13. The van der Waals surface area contributed by atoms with Gasteiger partial charge in [0.2, 0.25) is 0 Å².